The van der Waals surface area contributed by atoms with Crippen LogP contribution in [0.5, 0.6) is 0 Å². The van der Waals surface area contributed by atoms with Crippen molar-refractivity contribution in [2.45, 2.75) is 163 Å². The van der Waals surface area contributed by atoms with Crippen LogP contribution in [0.2, 0.25) is 0 Å². The Bertz CT molecular complexity index is 1150. The van der Waals surface area contributed by atoms with Crippen LogP contribution >= 0.6 is 21.6 Å². The minimum atomic E-state index is -0.484. The lowest BCUT2D eigenvalue weighted by Gasteiger charge is -2.58. The van der Waals surface area contributed by atoms with E-state index in [0.717, 1.165) is 74.5 Å². The van der Waals surface area contributed by atoms with Gasteiger partial charge in [-0.3, -0.25) is 9.59 Å². The second-order valence-electron chi connectivity index (χ2n) is 17.8. The number of fused-ring (bicyclic) bond motifs is 5. The van der Waals surface area contributed by atoms with E-state index in [1.165, 1.54) is 79.4 Å². The maximum atomic E-state index is 12.8. The molecule has 0 radical (unpaired) electrons. The summed E-state index contributed by atoms with van der Waals surface area (Å²) < 4.78 is 11.2. The fourth-order valence-corrected chi connectivity index (χ4v) is 11.7. The van der Waals surface area contributed by atoms with Gasteiger partial charge in [-0.05, 0) is 125 Å². The summed E-state index contributed by atoms with van der Waals surface area (Å²) in [6.45, 7) is 16.7. The molecular formula is C41H70N2O5S2. The van der Waals surface area contributed by atoms with E-state index in [1.54, 1.807) is 5.57 Å². The smallest absolute Gasteiger partial charge is 0.407 e. The van der Waals surface area contributed by atoms with Gasteiger partial charge in [0.1, 0.15) is 17.5 Å². The zero-order valence-corrected chi connectivity index (χ0v) is 34.2. The monoisotopic (exact) mass is 734 g/mol. The lowest BCUT2D eigenvalue weighted by molar-refractivity contribution is -0.148. The molecule has 0 aliphatic heterocycles. The van der Waals surface area contributed by atoms with Crippen LogP contribution in [0.25, 0.3) is 0 Å². The highest BCUT2D eigenvalue weighted by Gasteiger charge is 2.58. The maximum Gasteiger partial charge on any atom is 0.407 e. The molecule has 3 saturated carbocycles. The first-order valence-electron chi connectivity index (χ1n) is 20.1. The number of alkyl carbamates (subject to hydrolysis) is 1. The highest BCUT2D eigenvalue weighted by Crippen LogP contribution is 2.66. The highest BCUT2D eigenvalue weighted by atomic mass is 33.1. The summed E-state index contributed by atoms with van der Waals surface area (Å²) in [7, 11) is 2.83. The average Bonchev–Trinajstić information content (AvgIpc) is 3.38. The topological polar surface area (TPSA) is 93.7 Å². The Kier molecular flexibility index (Phi) is 15.8. The predicted molar refractivity (Wildman–Crippen MR) is 209 cm³/mol. The van der Waals surface area contributed by atoms with Gasteiger partial charge in [0.05, 0.1) is 5.75 Å². The minimum absolute atomic E-state index is 0.00523. The largest absolute Gasteiger partial charge is 0.461 e. The van der Waals surface area contributed by atoms with Crippen molar-refractivity contribution in [3.8, 4) is 0 Å². The van der Waals surface area contributed by atoms with Crippen LogP contribution in [0.4, 0.5) is 4.79 Å². The number of unbranched alkanes of at least 4 members (excludes halogenated alkanes) is 4. The molecular weight excluding hydrogens is 665 g/mol. The van der Waals surface area contributed by atoms with E-state index in [4.69, 9.17) is 9.47 Å². The molecule has 0 aromatic carbocycles. The first-order valence-corrected chi connectivity index (χ1v) is 22.6. The number of hydrogen-bond donors (Lipinski definition) is 2. The summed E-state index contributed by atoms with van der Waals surface area (Å²) >= 11 is 0. The number of rotatable bonds is 18. The minimum Gasteiger partial charge on any atom is -0.461 e. The number of hydrogen-bond acceptors (Lipinski definition) is 7. The van der Waals surface area contributed by atoms with E-state index in [1.807, 2.05) is 20.8 Å². The van der Waals surface area contributed by atoms with Gasteiger partial charge in [-0.1, -0.05) is 93.0 Å². The van der Waals surface area contributed by atoms with Crippen molar-refractivity contribution in [3.63, 3.8) is 0 Å². The zero-order chi connectivity index (χ0) is 36.4. The maximum absolute atomic E-state index is 12.8. The van der Waals surface area contributed by atoms with Crippen molar-refractivity contribution in [2.24, 2.45) is 40.4 Å². The Morgan fingerprint density at radius 2 is 1.60 bits per heavy atom. The number of carbonyl (C=O) groups is 3. The average molecular weight is 735 g/mol. The van der Waals surface area contributed by atoms with Crippen molar-refractivity contribution in [1.29, 1.82) is 0 Å². The van der Waals surface area contributed by atoms with Crippen LogP contribution < -0.4 is 10.6 Å². The van der Waals surface area contributed by atoms with Gasteiger partial charge in [-0.15, -0.1) is 0 Å². The van der Waals surface area contributed by atoms with E-state index in [9.17, 15) is 14.4 Å². The molecule has 50 heavy (non-hydrogen) atoms. The number of carbonyl (C=O) groups excluding carboxylic acids is 3. The molecule has 9 heteroatoms. The number of esters is 1. The Labute approximate surface area is 312 Å². The third-order valence-corrected chi connectivity index (χ3v) is 14.8. The summed E-state index contributed by atoms with van der Waals surface area (Å²) in [6.07, 6.45) is 21.4. The van der Waals surface area contributed by atoms with Gasteiger partial charge in [0.15, 0.2) is 0 Å². The van der Waals surface area contributed by atoms with Gasteiger partial charge >= 0.3 is 12.1 Å². The van der Waals surface area contributed by atoms with Crippen molar-refractivity contribution in [3.05, 3.63) is 11.6 Å². The normalized spacial score (nSPS) is 30.5. The van der Waals surface area contributed by atoms with Crippen LogP contribution in [-0.4, -0.2) is 54.3 Å². The molecule has 0 aromatic rings. The molecule has 4 aliphatic rings. The third-order valence-electron chi connectivity index (χ3n) is 12.7. The van der Waals surface area contributed by atoms with Gasteiger partial charge in [-0.2, -0.15) is 0 Å². The fourth-order valence-electron chi connectivity index (χ4n) is 10.0. The van der Waals surface area contributed by atoms with Crippen molar-refractivity contribution >= 4 is 39.6 Å². The summed E-state index contributed by atoms with van der Waals surface area (Å²) in [6, 6.07) is 0. The Hall–Kier alpha value is -1.35. The highest BCUT2D eigenvalue weighted by molar-refractivity contribution is 8.77. The molecule has 0 heterocycles. The van der Waals surface area contributed by atoms with Gasteiger partial charge < -0.3 is 20.1 Å². The molecule has 2 N–H and O–H groups in total. The molecule has 2 amide bonds. The van der Waals surface area contributed by atoms with E-state index in [0.29, 0.717) is 24.3 Å². The number of allylic oxidation sites excluding steroid dienone is 1. The van der Waals surface area contributed by atoms with Gasteiger partial charge in [0, 0.05) is 19.5 Å². The molecule has 0 saturated heterocycles. The molecule has 7 nitrogen and oxygen atoms in total. The van der Waals surface area contributed by atoms with Gasteiger partial charge in [0.25, 0.3) is 0 Å². The van der Waals surface area contributed by atoms with Crippen molar-refractivity contribution in [1.82, 2.24) is 10.6 Å². The van der Waals surface area contributed by atoms with Crippen LogP contribution in [0.15, 0.2) is 11.6 Å². The molecule has 0 spiro atoms. The third kappa shape index (κ3) is 11.8. The zero-order valence-electron chi connectivity index (χ0n) is 32.5. The van der Waals surface area contributed by atoms with E-state index >= 15 is 0 Å². The first kappa shape index (κ1) is 41.4. The first-order chi connectivity index (χ1) is 23.7. The Morgan fingerprint density at radius 3 is 2.32 bits per heavy atom. The van der Waals surface area contributed by atoms with Crippen molar-refractivity contribution in [2.75, 3.05) is 24.6 Å². The summed E-state index contributed by atoms with van der Waals surface area (Å²) in [5.41, 5.74) is 1.88. The molecule has 4 aliphatic carbocycles. The quantitative estimate of drug-likeness (QED) is 0.0627. The SMILES string of the molecule is CC(C)CCCCC1CCC2C3CC=C4CC(OC(=O)CSSCC(=O)NCCCCCCNC(=O)OC(C)(C)C)CCC4(C)C3CCC12C. The van der Waals surface area contributed by atoms with E-state index in [-0.39, 0.29) is 35.2 Å². The number of nitrogens with one attached hydrogen (secondary N) is 2. The Morgan fingerprint density at radius 1 is 0.880 bits per heavy atom. The molecule has 0 bridgehead atoms. The number of ether oxygens (including phenoxy) is 2. The number of amides is 2. The lowest BCUT2D eigenvalue weighted by Crippen LogP contribution is -2.50. The molecule has 7 unspecified atom stereocenters. The van der Waals surface area contributed by atoms with Gasteiger partial charge in [0.2, 0.25) is 5.91 Å². The molecule has 7 atom stereocenters. The van der Waals surface area contributed by atoms with Crippen molar-refractivity contribution < 1.29 is 23.9 Å². The summed E-state index contributed by atoms with van der Waals surface area (Å²) in [5, 5.41) is 5.74. The lowest BCUT2D eigenvalue weighted by atomic mass is 9.47. The second-order valence-corrected chi connectivity index (χ2v) is 20.3. The second kappa shape index (κ2) is 19.1. The van der Waals surface area contributed by atoms with Crippen LogP contribution in [-0.2, 0) is 19.1 Å². The van der Waals surface area contributed by atoms with E-state index < -0.39 is 5.60 Å². The van der Waals surface area contributed by atoms with Gasteiger partial charge in [-0.25, -0.2) is 4.79 Å². The Balaban J connectivity index is 1.08. The molecule has 286 valence electrons. The summed E-state index contributed by atoms with van der Waals surface area (Å²) in [5.74, 6) is 4.66. The van der Waals surface area contributed by atoms with Crippen LogP contribution in [0, 0.1) is 40.4 Å². The predicted octanol–water partition coefficient (Wildman–Crippen LogP) is 10.3. The molecule has 3 fully saturated rings. The standard InChI is InChI=1S/C41H70N2O5S2/c1-29(2)14-10-11-15-30-17-19-34-33-18-16-31-26-32(20-22-41(31,7)35(33)21-23-40(30,34)6)47-37(45)28-50-49-27-36(44)42-24-12-8-9-13-25-43-38(46)48-39(3,4)5/h16,29-30,32-35H,8-15,17-28H2,1-7H3,(H,42,44)(H,43,46). The molecule has 0 aromatic heterocycles. The van der Waals surface area contributed by atoms with Crippen LogP contribution in [0.1, 0.15) is 151 Å². The fraction of sp³-hybridized carbons (Fsp3) is 0.878. The van der Waals surface area contributed by atoms with E-state index in [2.05, 4.69) is 44.4 Å². The molecule has 4 rings (SSSR count). The summed E-state index contributed by atoms with van der Waals surface area (Å²) in [4.78, 5) is 36.6. The van der Waals surface area contributed by atoms with Crippen LogP contribution in [0.3, 0.4) is 0 Å².